The van der Waals surface area contributed by atoms with Crippen LogP contribution in [0.15, 0.2) is 24.3 Å². The van der Waals surface area contributed by atoms with E-state index in [2.05, 4.69) is 0 Å². The van der Waals surface area contributed by atoms with Crippen molar-refractivity contribution < 1.29 is 19.0 Å². The van der Waals surface area contributed by atoms with Crippen molar-refractivity contribution in [3.8, 4) is 5.75 Å². The van der Waals surface area contributed by atoms with Crippen LogP contribution in [0.5, 0.6) is 5.75 Å². The smallest absolute Gasteiger partial charge is 0.225 e. The zero-order chi connectivity index (χ0) is 14.1. The van der Waals surface area contributed by atoms with Gasteiger partial charge in [0.1, 0.15) is 0 Å². The van der Waals surface area contributed by atoms with Crippen molar-refractivity contribution in [3.05, 3.63) is 30.1 Å². The molecule has 106 valence electrons. The molecule has 0 aliphatic carbocycles. The van der Waals surface area contributed by atoms with Gasteiger partial charge in [-0.3, -0.25) is 4.79 Å². The molecule has 1 N–H and O–H groups in total. The van der Waals surface area contributed by atoms with Gasteiger partial charge in [-0.1, -0.05) is 12.1 Å². The molecule has 0 aromatic heterocycles. The van der Waals surface area contributed by atoms with Gasteiger partial charge in [0.15, 0.2) is 11.6 Å². The highest BCUT2D eigenvalue weighted by Crippen LogP contribution is 2.15. The van der Waals surface area contributed by atoms with Crippen molar-refractivity contribution in [1.29, 1.82) is 0 Å². The molecule has 19 heavy (non-hydrogen) atoms. The summed E-state index contributed by atoms with van der Waals surface area (Å²) in [6.45, 7) is 3.22. The molecule has 0 saturated carbocycles. The summed E-state index contributed by atoms with van der Waals surface area (Å²) in [5.74, 6) is -0.316. The number of aliphatic hydroxyl groups excluding tert-OH is 1. The Balaban J connectivity index is 2.35. The van der Waals surface area contributed by atoms with Crippen LogP contribution in [0.3, 0.4) is 0 Å². The molecule has 5 heteroatoms. The van der Waals surface area contributed by atoms with E-state index in [1.54, 1.807) is 17.0 Å². The summed E-state index contributed by atoms with van der Waals surface area (Å²) >= 11 is 0. The molecule has 0 fully saturated rings. The maximum Gasteiger partial charge on any atom is 0.225 e. The van der Waals surface area contributed by atoms with Crippen molar-refractivity contribution in [3.63, 3.8) is 0 Å². The number of para-hydroxylation sites is 1. The summed E-state index contributed by atoms with van der Waals surface area (Å²) in [4.78, 5) is 13.5. The number of carbonyl (C=O) groups excluding carboxylic acids is 1. The van der Waals surface area contributed by atoms with Crippen molar-refractivity contribution in [2.45, 2.75) is 19.8 Å². The van der Waals surface area contributed by atoms with Crippen LogP contribution < -0.4 is 4.74 Å². The van der Waals surface area contributed by atoms with Crippen LogP contribution in [-0.4, -0.2) is 42.2 Å². The number of nitrogens with zero attached hydrogens (tertiary/aromatic N) is 1. The van der Waals surface area contributed by atoms with E-state index in [9.17, 15) is 9.18 Å². The largest absolute Gasteiger partial charge is 0.490 e. The molecule has 1 aromatic rings. The van der Waals surface area contributed by atoms with E-state index in [0.29, 0.717) is 19.5 Å². The molecule has 0 radical (unpaired) electrons. The van der Waals surface area contributed by atoms with Crippen molar-refractivity contribution in [1.82, 2.24) is 4.90 Å². The summed E-state index contributed by atoms with van der Waals surface area (Å²) in [5.41, 5.74) is 0. The van der Waals surface area contributed by atoms with Crippen molar-refractivity contribution >= 4 is 5.91 Å². The Labute approximate surface area is 112 Å². The van der Waals surface area contributed by atoms with E-state index in [4.69, 9.17) is 9.84 Å². The second-order valence-corrected chi connectivity index (χ2v) is 4.08. The number of rotatable bonds is 8. The van der Waals surface area contributed by atoms with Crippen LogP contribution in [0.25, 0.3) is 0 Å². The maximum absolute atomic E-state index is 13.3. The van der Waals surface area contributed by atoms with E-state index >= 15 is 0 Å². The Hall–Kier alpha value is -1.62. The van der Waals surface area contributed by atoms with Gasteiger partial charge in [0.2, 0.25) is 5.91 Å². The van der Waals surface area contributed by atoms with Crippen molar-refractivity contribution in [2.75, 3.05) is 26.3 Å². The fourth-order valence-electron chi connectivity index (χ4n) is 1.69. The lowest BCUT2D eigenvalue weighted by molar-refractivity contribution is -0.131. The number of amides is 1. The zero-order valence-corrected chi connectivity index (χ0v) is 11.1. The molecule has 1 amide bonds. The highest BCUT2D eigenvalue weighted by molar-refractivity contribution is 5.76. The summed E-state index contributed by atoms with van der Waals surface area (Å²) in [5, 5.41) is 8.74. The van der Waals surface area contributed by atoms with Gasteiger partial charge in [-0.25, -0.2) is 4.39 Å². The van der Waals surface area contributed by atoms with E-state index in [0.717, 1.165) is 0 Å². The monoisotopic (exact) mass is 269 g/mol. The predicted molar refractivity (Wildman–Crippen MR) is 70.5 cm³/mol. The lowest BCUT2D eigenvalue weighted by Crippen LogP contribution is -2.33. The minimum absolute atomic E-state index is 0.0488. The molecule has 0 aliphatic rings. The molecule has 1 aromatic carbocycles. The molecule has 0 unspecified atom stereocenters. The van der Waals surface area contributed by atoms with Crippen LogP contribution in [0.4, 0.5) is 4.39 Å². The number of carbonyl (C=O) groups is 1. The number of hydrogen-bond donors (Lipinski definition) is 1. The summed E-state index contributed by atoms with van der Waals surface area (Å²) in [6, 6.07) is 6.11. The molecule has 0 aliphatic heterocycles. The molecule has 0 bridgehead atoms. The first-order valence-corrected chi connectivity index (χ1v) is 6.45. The fourth-order valence-corrected chi connectivity index (χ4v) is 1.69. The molecule has 4 nitrogen and oxygen atoms in total. The average molecular weight is 269 g/mol. The lowest BCUT2D eigenvalue weighted by atomic mass is 10.3. The first kappa shape index (κ1) is 15.4. The van der Waals surface area contributed by atoms with Gasteiger partial charge >= 0.3 is 0 Å². The minimum Gasteiger partial charge on any atom is -0.490 e. The number of aliphatic hydroxyl groups is 1. The molecule has 1 rings (SSSR count). The van der Waals surface area contributed by atoms with E-state index in [1.807, 2.05) is 6.92 Å². The SMILES string of the molecule is CCN(CCCO)C(=O)CCOc1ccccc1F. The molecular weight excluding hydrogens is 249 g/mol. The van der Waals surface area contributed by atoms with Gasteiger partial charge in [0, 0.05) is 19.7 Å². The molecule has 0 spiro atoms. The zero-order valence-electron chi connectivity index (χ0n) is 11.1. The number of halogens is 1. The van der Waals surface area contributed by atoms with Crippen LogP contribution in [0.2, 0.25) is 0 Å². The predicted octanol–water partition coefficient (Wildman–Crippen LogP) is 1.83. The summed E-state index contributed by atoms with van der Waals surface area (Å²) < 4.78 is 18.5. The van der Waals surface area contributed by atoms with E-state index in [1.165, 1.54) is 12.1 Å². The Bertz CT molecular complexity index is 398. The normalized spacial score (nSPS) is 10.3. The van der Waals surface area contributed by atoms with Crippen LogP contribution in [-0.2, 0) is 4.79 Å². The van der Waals surface area contributed by atoms with Crippen molar-refractivity contribution in [2.24, 2.45) is 0 Å². The maximum atomic E-state index is 13.3. The van der Waals surface area contributed by atoms with Crippen LogP contribution >= 0.6 is 0 Å². The fraction of sp³-hybridized carbons (Fsp3) is 0.500. The second-order valence-electron chi connectivity index (χ2n) is 4.08. The number of hydrogen-bond acceptors (Lipinski definition) is 3. The van der Waals surface area contributed by atoms with Gasteiger partial charge in [0.25, 0.3) is 0 Å². The standard InChI is InChI=1S/C14H20FNO3/c1-2-16(9-5-10-17)14(18)8-11-19-13-7-4-3-6-12(13)15/h3-4,6-7,17H,2,5,8-11H2,1H3. The van der Waals surface area contributed by atoms with E-state index < -0.39 is 5.82 Å². The Morgan fingerprint density at radius 3 is 2.79 bits per heavy atom. The Kier molecular flexibility index (Phi) is 6.89. The van der Waals surface area contributed by atoms with Gasteiger partial charge in [-0.2, -0.15) is 0 Å². The summed E-state index contributed by atoms with van der Waals surface area (Å²) in [6.07, 6.45) is 0.765. The Morgan fingerprint density at radius 1 is 1.42 bits per heavy atom. The third-order valence-electron chi connectivity index (χ3n) is 2.73. The molecule has 0 atom stereocenters. The molecule has 0 heterocycles. The number of benzene rings is 1. The van der Waals surface area contributed by atoms with Crippen LogP contribution in [0.1, 0.15) is 19.8 Å². The minimum atomic E-state index is -0.428. The van der Waals surface area contributed by atoms with E-state index in [-0.39, 0.29) is 31.3 Å². The average Bonchev–Trinajstić information content (AvgIpc) is 2.42. The lowest BCUT2D eigenvalue weighted by Gasteiger charge is -2.20. The van der Waals surface area contributed by atoms with Crippen LogP contribution in [0, 0.1) is 5.82 Å². The molecule has 0 saturated heterocycles. The van der Waals surface area contributed by atoms with Gasteiger partial charge < -0.3 is 14.7 Å². The first-order chi connectivity index (χ1) is 9.19. The topological polar surface area (TPSA) is 49.8 Å². The number of ether oxygens (including phenoxy) is 1. The third-order valence-corrected chi connectivity index (χ3v) is 2.73. The van der Waals surface area contributed by atoms with Gasteiger partial charge in [-0.05, 0) is 25.5 Å². The Morgan fingerprint density at radius 2 is 2.16 bits per heavy atom. The summed E-state index contributed by atoms with van der Waals surface area (Å²) in [7, 11) is 0. The quantitative estimate of drug-likeness (QED) is 0.783. The first-order valence-electron chi connectivity index (χ1n) is 6.45. The molecular formula is C14H20FNO3. The highest BCUT2D eigenvalue weighted by atomic mass is 19.1. The second kappa shape index (κ2) is 8.48. The third kappa shape index (κ3) is 5.26. The van der Waals surface area contributed by atoms with Gasteiger partial charge in [0.05, 0.1) is 13.0 Å². The van der Waals surface area contributed by atoms with Gasteiger partial charge in [-0.15, -0.1) is 0 Å². The highest BCUT2D eigenvalue weighted by Gasteiger charge is 2.11.